The van der Waals surface area contributed by atoms with Crippen LogP contribution in [-0.2, 0) is 7.05 Å². The van der Waals surface area contributed by atoms with E-state index >= 15 is 0 Å². The smallest absolute Gasteiger partial charge is 0.242 e. The van der Waals surface area contributed by atoms with Crippen molar-refractivity contribution in [2.75, 3.05) is 0 Å². The van der Waals surface area contributed by atoms with Crippen molar-refractivity contribution in [2.45, 2.75) is 41.5 Å². The molecule has 0 amide bonds. The lowest BCUT2D eigenvalue weighted by Gasteiger charge is -2.24. The summed E-state index contributed by atoms with van der Waals surface area (Å²) in [5.41, 5.74) is 13.4. The van der Waals surface area contributed by atoms with E-state index in [9.17, 15) is 0 Å². The summed E-state index contributed by atoms with van der Waals surface area (Å²) in [6, 6.07) is 18.3. The summed E-state index contributed by atoms with van der Waals surface area (Å²) < 4.78 is 2.06. The standard InChI is InChI=1S/C28H31BN2/c1-18-14-20(3)26(21(4)15-18)29(27-22(5)16-19(2)17-23(27)6)25-10-8-24(9-11-25)28-30-12-13-31(28)7/h8-17H,1-7H3. The second kappa shape index (κ2) is 8.22. The van der Waals surface area contributed by atoms with Crippen LogP contribution in [-0.4, -0.2) is 16.3 Å². The molecule has 0 saturated carbocycles. The molecule has 0 spiro atoms. The number of hydrogen-bond acceptors (Lipinski definition) is 1. The normalized spacial score (nSPS) is 11.1. The molecule has 156 valence electrons. The molecule has 4 rings (SSSR count). The van der Waals surface area contributed by atoms with Crippen LogP contribution in [0.4, 0.5) is 0 Å². The lowest BCUT2D eigenvalue weighted by Crippen LogP contribution is -2.55. The van der Waals surface area contributed by atoms with Gasteiger partial charge in [-0.2, -0.15) is 0 Å². The third-order valence-electron chi connectivity index (χ3n) is 6.38. The van der Waals surface area contributed by atoms with Gasteiger partial charge in [-0.3, -0.25) is 0 Å². The number of rotatable bonds is 4. The Kier molecular flexibility index (Phi) is 5.62. The van der Waals surface area contributed by atoms with Crippen LogP contribution in [0, 0.1) is 41.5 Å². The largest absolute Gasteiger partial charge is 0.334 e. The van der Waals surface area contributed by atoms with E-state index in [-0.39, 0.29) is 6.71 Å². The average Bonchev–Trinajstić information content (AvgIpc) is 3.11. The highest BCUT2D eigenvalue weighted by atomic mass is 15.0. The minimum atomic E-state index is 0.205. The fourth-order valence-electron chi connectivity index (χ4n) is 5.24. The highest BCUT2D eigenvalue weighted by molar-refractivity contribution is 6.96. The average molecular weight is 406 g/mol. The molecule has 0 fully saturated rings. The summed E-state index contributed by atoms with van der Waals surface area (Å²) in [5.74, 6) is 0.994. The predicted molar refractivity (Wildman–Crippen MR) is 135 cm³/mol. The first-order valence-electron chi connectivity index (χ1n) is 11.0. The van der Waals surface area contributed by atoms with Crippen LogP contribution >= 0.6 is 0 Å². The maximum Gasteiger partial charge on any atom is 0.242 e. The lowest BCUT2D eigenvalue weighted by atomic mass is 9.34. The molecule has 31 heavy (non-hydrogen) atoms. The SMILES string of the molecule is Cc1cc(C)c(B(c2ccc(-c3nccn3C)cc2)c2c(C)cc(C)cc2C)c(C)c1. The van der Waals surface area contributed by atoms with Crippen LogP contribution < -0.4 is 16.4 Å². The van der Waals surface area contributed by atoms with E-state index in [0.717, 1.165) is 11.4 Å². The second-order valence-electron chi connectivity index (χ2n) is 9.04. The maximum absolute atomic E-state index is 4.52. The van der Waals surface area contributed by atoms with Gasteiger partial charge in [0.15, 0.2) is 0 Å². The molecule has 0 N–H and O–H groups in total. The van der Waals surface area contributed by atoms with Crippen molar-refractivity contribution in [3.05, 3.63) is 94.3 Å². The van der Waals surface area contributed by atoms with Crippen molar-refractivity contribution in [3.63, 3.8) is 0 Å². The van der Waals surface area contributed by atoms with Crippen molar-refractivity contribution in [1.29, 1.82) is 0 Å². The Bertz CT molecular complexity index is 1140. The van der Waals surface area contributed by atoms with Gasteiger partial charge >= 0.3 is 0 Å². The van der Waals surface area contributed by atoms with E-state index in [1.54, 1.807) is 0 Å². The van der Waals surface area contributed by atoms with Crippen molar-refractivity contribution in [2.24, 2.45) is 7.05 Å². The van der Waals surface area contributed by atoms with Crippen molar-refractivity contribution < 1.29 is 0 Å². The molecule has 0 bridgehead atoms. The van der Waals surface area contributed by atoms with E-state index < -0.39 is 0 Å². The third kappa shape index (κ3) is 3.97. The van der Waals surface area contributed by atoms with Crippen molar-refractivity contribution in [3.8, 4) is 11.4 Å². The molecule has 3 aromatic carbocycles. The lowest BCUT2D eigenvalue weighted by molar-refractivity contribution is 0.925. The van der Waals surface area contributed by atoms with Gasteiger partial charge in [0.1, 0.15) is 5.82 Å². The minimum Gasteiger partial charge on any atom is -0.334 e. The van der Waals surface area contributed by atoms with E-state index in [4.69, 9.17) is 0 Å². The van der Waals surface area contributed by atoms with Gasteiger partial charge in [0.05, 0.1) is 0 Å². The van der Waals surface area contributed by atoms with Gasteiger partial charge in [-0.25, -0.2) is 4.98 Å². The third-order valence-corrected chi connectivity index (χ3v) is 6.38. The van der Waals surface area contributed by atoms with Crippen LogP contribution in [0.1, 0.15) is 33.4 Å². The first-order chi connectivity index (χ1) is 14.8. The van der Waals surface area contributed by atoms with E-state index in [1.165, 1.54) is 49.8 Å². The Labute approximate surface area is 187 Å². The molecule has 1 aromatic heterocycles. The molecule has 0 aliphatic heterocycles. The van der Waals surface area contributed by atoms with Crippen LogP contribution in [0.5, 0.6) is 0 Å². The predicted octanol–water partition coefficient (Wildman–Crippen LogP) is 4.45. The zero-order chi connectivity index (χ0) is 22.3. The molecule has 0 aliphatic carbocycles. The van der Waals surface area contributed by atoms with Gasteiger partial charge in [-0.15, -0.1) is 0 Å². The molecule has 3 heteroatoms. The summed E-state index contributed by atoms with van der Waals surface area (Å²) in [7, 11) is 2.04. The van der Waals surface area contributed by atoms with Gasteiger partial charge < -0.3 is 4.57 Å². The summed E-state index contributed by atoms with van der Waals surface area (Å²) in [6.45, 7) is 13.6. The molecule has 0 aliphatic rings. The fraction of sp³-hybridized carbons (Fsp3) is 0.250. The first kappa shape index (κ1) is 21.2. The molecular weight excluding hydrogens is 375 g/mol. The van der Waals surface area contributed by atoms with Crippen LogP contribution in [0.15, 0.2) is 60.9 Å². The van der Waals surface area contributed by atoms with E-state index in [0.29, 0.717) is 0 Å². The molecule has 2 nitrogen and oxygen atoms in total. The molecule has 1 heterocycles. The number of hydrogen-bond donors (Lipinski definition) is 0. The maximum atomic E-state index is 4.52. The summed E-state index contributed by atoms with van der Waals surface area (Å²) in [5, 5.41) is 0. The molecule has 0 radical (unpaired) electrons. The Morgan fingerprint density at radius 1 is 0.677 bits per heavy atom. The van der Waals surface area contributed by atoms with E-state index in [2.05, 4.69) is 99.6 Å². The van der Waals surface area contributed by atoms with Gasteiger partial charge in [0, 0.05) is 25.0 Å². The number of imidazole rings is 1. The Morgan fingerprint density at radius 2 is 1.13 bits per heavy atom. The number of benzene rings is 3. The van der Waals surface area contributed by atoms with Gasteiger partial charge in [0.25, 0.3) is 0 Å². The number of aromatic nitrogens is 2. The van der Waals surface area contributed by atoms with Gasteiger partial charge in [-0.05, 0) is 41.5 Å². The fourth-order valence-corrected chi connectivity index (χ4v) is 5.24. The first-order valence-corrected chi connectivity index (χ1v) is 11.0. The van der Waals surface area contributed by atoms with Gasteiger partial charge in [0.2, 0.25) is 6.71 Å². The van der Waals surface area contributed by atoms with E-state index in [1.807, 2.05) is 19.4 Å². The quantitative estimate of drug-likeness (QED) is 0.458. The van der Waals surface area contributed by atoms with Crippen LogP contribution in [0.2, 0.25) is 0 Å². The summed E-state index contributed by atoms with van der Waals surface area (Å²) >= 11 is 0. The monoisotopic (exact) mass is 406 g/mol. The highest BCUT2D eigenvalue weighted by Crippen LogP contribution is 2.17. The zero-order valence-electron chi connectivity index (χ0n) is 19.7. The highest BCUT2D eigenvalue weighted by Gasteiger charge is 2.28. The molecule has 4 aromatic rings. The van der Waals surface area contributed by atoms with Crippen molar-refractivity contribution >= 4 is 23.1 Å². The number of nitrogens with zero attached hydrogens (tertiary/aromatic N) is 2. The van der Waals surface area contributed by atoms with Crippen LogP contribution in [0.3, 0.4) is 0 Å². The van der Waals surface area contributed by atoms with Crippen molar-refractivity contribution in [1.82, 2.24) is 9.55 Å². The second-order valence-corrected chi connectivity index (χ2v) is 9.04. The molecular formula is C28H31BN2. The molecule has 0 saturated heterocycles. The Morgan fingerprint density at radius 3 is 1.52 bits per heavy atom. The Hall–Kier alpha value is -3.07. The number of aryl methyl sites for hydroxylation is 7. The van der Waals surface area contributed by atoms with Crippen LogP contribution in [0.25, 0.3) is 11.4 Å². The van der Waals surface area contributed by atoms with Gasteiger partial charge in [-0.1, -0.05) is 98.3 Å². The molecule has 0 atom stereocenters. The topological polar surface area (TPSA) is 17.8 Å². The Balaban J connectivity index is 1.93. The minimum absolute atomic E-state index is 0.205. The zero-order valence-corrected chi connectivity index (χ0v) is 19.7. The summed E-state index contributed by atoms with van der Waals surface area (Å²) in [4.78, 5) is 4.52. The summed E-state index contributed by atoms with van der Waals surface area (Å²) in [6.07, 6.45) is 3.84. The molecule has 0 unspecified atom stereocenters.